The zero-order valence-electron chi connectivity index (χ0n) is 10.7. The minimum Gasteiger partial charge on any atom is -0.458 e. The molecule has 0 bridgehead atoms. The molecule has 0 radical (unpaired) electrons. The van der Waals surface area contributed by atoms with Crippen LogP contribution in [0.2, 0.25) is 5.02 Å². The summed E-state index contributed by atoms with van der Waals surface area (Å²) >= 11 is 5.84. The molecule has 0 spiro atoms. The molecule has 1 aromatic carbocycles. The fourth-order valence-corrected chi connectivity index (χ4v) is 2.04. The molecule has 0 aliphatic heterocycles. The molecule has 0 N–H and O–H groups in total. The quantitative estimate of drug-likeness (QED) is 0.754. The number of hydrogen-bond acceptors (Lipinski definition) is 2. The molecule has 0 atom stereocenters. The molecule has 0 saturated heterocycles. The summed E-state index contributed by atoms with van der Waals surface area (Å²) < 4.78 is 5.52. The largest absolute Gasteiger partial charge is 0.458 e. The second kappa shape index (κ2) is 6.06. The highest BCUT2D eigenvalue weighted by atomic mass is 35.5. The van der Waals surface area contributed by atoms with Crippen molar-refractivity contribution in [3.05, 3.63) is 34.9 Å². The Balaban J connectivity index is 2.77. The van der Waals surface area contributed by atoms with Crippen molar-refractivity contribution < 1.29 is 9.53 Å². The molecular formula is C14H19ClO2. The van der Waals surface area contributed by atoms with E-state index in [9.17, 15) is 4.79 Å². The molecule has 1 aromatic rings. The standard InChI is InChI=1S/C14H19ClO2/c1-9(2)13(10(3)4)17-14(16)11-6-5-7-12(15)8-11/h5-10,13H,1-4H3. The maximum Gasteiger partial charge on any atom is 0.338 e. The van der Waals surface area contributed by atoms with E-state index in [1.807, 2.05) is 0 Å². The lowest BCUT2D eigenvalue weighted by Gasteiger charge is -2.24. The third-order valence-corrected chi connectivity index (χ3v) is 2.85. The summed E-state index contributed by atoms with van der Waals surface area (Å²) in [7, 11) is 0. The maximum absolute atomic E-state index is 11.9. The Kier molecular flexibility index (Phi) is 5.01. The van der Waals surface area contributed by atoms with Crippen LogP contribution in [-0.4, -0.2) is 12.1 Å². The van der Waals surface area contributed by atoms with Crippen molar-refractivity contribution in [1.29, 1.82) is 0 Å². The minimum atomic E-state index is -0.306. The monoisotopic (exact) mass is 254 g/mol. The van der Waals surface area contributed by atoms with Crippen LogP contribution in [0.4, 0.5) is 0 Å². The molecule has 94 valence electrons. The zero-order chi connectivity index (χ0) is 13.0. The summed E-state index contributed by atoms with van der Waals surface area (Å²) in [5.41, 5.74) is 0.504. The Morgan fingerprint density at radius 1 is 1.18 bits per heavy atom. The fourth-order valence-electron chi connectivity index (χ4n) is 1.85. The molecule has 0 heterocycles. The van der Waals surface area contributed by atoms with Crippen LogP contribution in [0.1, 0.15) is 38.1 Å². The van der Waals surface area contributed by atoms with E-state index in [1.165, 1.54) is 0 Å². The Morgan fingerprint density at radius 3 is 2.24 bits per heavy atom. The van der Waals surface area contributed by atoms with Gasteiger partial charge in [-0.25, -0.2) is 4.79 Å². The van der Waals surface area contributed by atoms with E-state index in [2.05, 4.69) is 27.7 Å². The van der Waals surface area contributed by atoms with Crippen molar-refractivity contribution in [3.63, 3.8) is 0 Å². The van der Waals surface area contributed by atoms with E-state index in [0.717, 1.165) is 0 Å². The molecule has 1 rings (SSSR count). The number of carbonyl (C=O) groups is 1. The van der Waals surface area contributed by atoms with E-state index >= 15 is 0 Å². The molecule has 0 aromatic heterocycles. The molecular weight excluding hydrogens is 236 g/mol. The van der Waals surface area contributed by atoms with Crippen LogP contribution in [-0.2, 0) is 4.74 Å². The maximum atomic E-state index is 11.9. The summed E-state index contributed by atoms with van der Waals surface area (Å²) in [4.78, 5) is 11.9. The van der Waals surface area contributed by atoms with Crippen LogP contribution in [0.5, 0.6) is 0 Å². The average molecular weight is 255 g/mol. The van der Waals surface area contributed by atoms with Gasteiger partial charge >= 0.3 is 5.97 Å². The molecule has 0 amide bonds. The lowest BCUT2D eigenvalue weighted by Crippen LogP contribution is -2.28. The highest BCUT2D eigenvalue weighted by Gasteiger charge is 2.22. The number of carbonyl (C=O) groups excluding carboxylic acids is 1. The first-order valence-corrected chi connectivity index (χ1v) is 6.26. The SMILES string of the molecule is CC(C)C(OC(=O)c1cccc(Cl)c1)C(C)C. The van der Waals surface area contributed by atoms with Gasteiger partial charge in [-0.05, 0) is 30.0 Å². The average Bonchev–Trinajstić information content (AvgIpc) is 2.24. The second-order valence-electron chi connectivity index (χ2n) is 4.87. The van der Waals surface area contributed by atoms with Gasteiger partial charge in [-0.15, -0.1) is 0 Å². The Hall–Kier alpha value is -1.02. The molecule has 0 unspecified atom stereocenters. The number of benzene rings is 1. The van der Waals surface area contributed by atoms with Gasteiger partial charge in [0, 0.05) is 5.02 Å². The Bertz CT molecular complexity index is 378. The molecule has 3 heteroatoms. The third-order valence-electron chi connectivity index (χ3n) is 2.62. The normalized spacial score (nSPS) is 11.3. The van der Waals surface area contributed by atoms with Crippen molar-refractivity contribution in [2.45, 2.75) is 33.8 Å². The van der Waals surface area contributed by atoms with Gasteiger partial charge in [-0.3, -0.25) is 0 Å². The van der Waals surface area contributed by atoms with E-state index in [0.29, 0.717) is 22.4 Å². The molecule has 0 aliphatic rings. The smallest absolute Gasteiger partial charge is 0.338 e. The van der Waals surface area contributed by atoms with Crippen LogP contribution >= 0.6 is 11.6 Å². The first-order valence-electron chi connectivity index (χ1n) is 5.88. The molecule has 2 nitrogen and oxygen atoms in total. The van der Waals surface area contributed by atoms with E-state index in [4.69, 9.17) is 16.3 Å². The Labute approximate surface area is 108 Å². The van der Waals surface area contributed by atoms with Crippen molar-refractivity contribution >= 4 is 17.6 Å². The molecule has 0 fully saturated rings. The predicted molar refractivity (Wildman–Crippen MR) is 70.3 cm³/mol. The first kappa shape index (κ1) is 14.0. The van der Waals surface area contributed by atoms with Gasteiger partial charge < -0.3 is 4.74 Å². The summed E-state index contributed by atoms with van der Waals surface area (Å²) in [6.45, 7) is 8.21. The van der Waals surface area contributed by atoms with Gasteiger partial charge in [0.15, 0.2) is 0 Å². The summed E-state index contributed by atoms with van der Waals surface area (Å²) in [6, 6.07) is 6.83. The van der Waals surface area contributed by atoms with Crippen LogP contribution in [0.3, 0.4) is 0 Å². The first-order chi connectivity index (χ1) is 7.91. The molecule has 0 aliphatic carbocycles. The summed E-state index contributed by atoms with van der Waals surface area (Å²) in [5.74, 6) is 0.302. The molecule has 17 heavy (non-hydrogen) atoms. The van der Waals surface area contributed by atoms with Gasteiger partial charge in [0.25, 0.3) is 0 Å². The van der Waals surface area contributed by atoms with Crippen LogP contribution in [0.25, 0.3) is 0 Å². The minimum absolute atomic E-state index is 0.0681. The van der Waals surface area contributed by atoms with Gasteiger partial charge in [-0.2, -0.15) is 0 Å². The van der Waals surface area contributed by atoms with E-state index < -0.39 is 0 Å². The van der Waals surface area contributed by atoms with Crippen molar-refractivity contribution in [2.24, 2.45) is 11.8 Å². The topological polar surface area (TPSA) is 26.3 Å². The number of halogens is 1. The number of hydrogen-bond donors (Lipinski definition) is 0. The number of esters is 1. The lowest BCUT2D eigenvalue weighted by atomic mass is 9.96. The van der Waals surface area contributed by atoms with Crippen LogP contribution < -0.4 is 0 Å². The van der Waals surface area contributed by atoms with Gasteiger partial charge in [0.05, 0.1) is 5.56 Å². The third kappa shape index (κ3) is 4.04. The summed E-state index contributed by atoms with van der Waals surface area (Å²) in [6.07, 6.45) is -0.0681. The number of rotatable bonds is 4. The highest BCUT2D eigenvalue weighted by Crippen LogP contribution is 2.19. The lowest BCUT2D eigenvalue weighted by molar-refractivity contribution is 0.00324. The van der Waals surface area contributed by atoms with Gasteiger partial charge in [0.1, 0.15) is 6.10 Å². The molecule has 0 saturated carbocycles. The fraction of sp³-hybridized carbons (Fsp3) is 0.500. The highest BCUT2D eigenvalue weighted by molar-refractivity contribution is 6.30. The van der Waals surface area contributed by atoms with Crippen molar-refractivity contribution in [1.82, 2.24) is 0 Å². The van der Waals surface area contributed by atoms with Gasteiger partial charge in [0.2, 0.25) is 0 Å². The van der Waals surface area contributed by atoms with E-state index in [-0.39, 0.29) is 12.1 Å². The number of ether oxygens (including phenoxy) is 1. The van der Waals surface area contributed by atoms with Crippen LogP contribution in [0.15, 0.2) is 24.3 Å². The van der Waals surface area contributed by atoms with Crippen molar-refractivity contribution in [2.75, 3.05) is 0 Å². The predicted octanol–water partition coefficient (Wildman–Crippen LogP) is 4.18. The van der Waals surface area contributed by atoms with Crippen LogP contribution in [0, 0.1) is 11.8 Å². The van der Waals surface area contributed by atoms with Crippen molar-refractivity contribution in [3.8, 4) is 0 Å². The Morgan fingerprint density at radius 2 is 1.76 bits per heavy atom. The zero-order valence-corrected chi connectivity index (χ0v) is 11.5. The van der Waals surface area contributed by atoms with E-state index in [1.54, 1.807) is 24.3 Å². The second-order valence-corrected chi connectivity index (χ2v) is 5.30. The van der Waals surface area contributed by atoms with Gasteiger partial charge in [-0.1, -0.05) is 45.4 Å². The summed E-state index contributed by atoms with van der Waals surface area (Å²) in [5, 5.41) is 0.546.